The number of amides is 1. The van der Waals surface area contributed by atoms with Gasteiger partial charge in [0.1, 0.15) is 5.75 Å². The number of halogens is 1. The van der Waals surface area contributed by atoms with E-state index in [0.29, 0.717) is 21.4 Å². The van der Waals surface area contributed by atoms with E-state index in [9.17, 15) is 9.59 Å². The molecule has 1 N–H and O–H groups in total. The molecule has 8 heteroatoms. The fourth-order valence-electron chi connectivity index (χ4n) is 2.32. The number of hydrogen-bond donors (Lipinski definition) is 1. The average molecular weight is 461 g/mol. The highest BCUT2D eigenvalue weighted by Crippen LogP contribution is 2.32. The molecule has 0 unspecified atom stereocenters. The number of nitrogens with zero attached hydrogens (tertiary/aromatic N) is 1. The molecule has 3 rings (SSSR count). The Balaban J connectivity index is 1.83. The number of nitrogens with one attached hydrogen (secondary N) is 1. The highest BCUT2D eigenvalue weighted by Gasteiger charge is 2.24. The van der Waals surface area contributed by atoms with Crippen molar-refractivity contribution in [3.63, 3.8) is 0 Å². The minimum absolute atomic E-state index is 0.215. The summed E-state index contributed by atoms with van der Waals surface area (Å²) in [6, 6.07) is 13.0. The summed E-state index contributed by atoms with van der Waals surface area (Å²) >= 11 is 4.65. The summed E-state index contributed by atoms with van der Waals surface area (Å²) in [5, 5.41) is 3.27. The number of amidine groups is 1. The molecule has 2 aromatic carbocycles. The van der Waals surface area contributed by atoms with Crippen molar-refractivity contribution in [1.29, 1.82) is 0 Å². The van der Waals surface area contributed by atoms with Crippen molar-refractivity contribution in [2.75, 3.05) is 13.7 Å². The topological polar surface area (TPSA) is 77.0 Å². The second-order valence-corrected chi connectivity index (χ2v) is 7.81. The van der Waals surface area contributed by atoms with Crippen LogP contribution < -0.4 is 10.1 Å². The molecule has 1 saturated heterocycles. The molecule has 0 radical (unpaired) electrons. The maximum atomic E-state index is 12.3. The Morgan fingerprint density at radius 3 is 2.71 bits per heavy atom. The molecule has 1 aliphatic rings. The molecule has 1 fully saturated rings. The minimum atomic E-state index is -0.484. The molecule has 6 nitrogen and oxygen atoms in total. The molecule has 0 bridgehead atoms. The van der Waals surface area contributed by atoms with Crippen LogP contribution in [0.15, 0.2) is 56.8 Å². The fraction of sp³-hybridized carbons (Fsp3) is 0.150. The fourth-order valence-corrected chi connectivity index (χ4v) is 3.53. The van der Waals surface area contributed by atoms with Gasteiger partial charge in [-0.25, -0.2) is 9.79 Å². The predicted octanol–water partition coefficient (Wildman–Crippen LogP) is 4.20. The predicted molar refractivity (Wildman–Crippen MR) is 114 cm³/mol. The number of thioether (sulfide) groups is 1. The van der Waals surface area contributed by atoms with E-state index in [1.165, 1.54) is 18.9 Å². The van der Waals surface area contributed by atoms with Crippen molar-refractivity contribution in [2.24, 2.45) is 4.99 Å². The van der Waals surface area contributed by atoms with Crippen molar-refractivity contribution in [3.8, 4) is 5.75 Å². The van der Waals surface area contributed by atoms with Crippen LogP contribution in [0, 0.1) is 6.92 Å². The van der Waals surface area contributed by atoms with Crippen molar-refractivity contribution >= 4 is 56.5 Å². The van der Waals surface area contributed by atoms with Gasteiger partial charge in [-0.2, -0.15) is 0 Å². The SMILES string of the molecule is COC(=O)COc1ccc(Br)cc1/C=C1\SC(=Nc2ccc(C)cc2)NC1=O. The summed E-state index contributed by atoms with van der Waals surface area (Å²) in [7, 11) is 1.30. The maximum Gasteiger partial charge on any atom is 0.343 e. The first-order valence-electron chi connectivity index (χ1n) is 8.30. The number of hydrogen-bond acceptors (Lipinski definition) is 6. The van der Waals surface area contributed by atoms with E-state index in [-0.39, 0.29) is 12.5 Å². The standard InChI is InChI=1S/C20H17BrN2O4S/c1-12-3-6-15(7-4-12)22-20-23-19(25)17(28-20)10-13-9-14(21)5-8-16(13)27-11-18(24)26-2/h3-10H,11H2,1-2H3,(H,22,23,25)/b17-10-. The highest BCUT2D eigenvalue weighted by molar-refractivity contribution is 9.10. The maximum absolute atomic E-state index is 12.3. The third-order valence-corrected chi connectivity index (χ3v) is 5.15. The molecule has 1 amide bonds. The van der Waals surface area contributed by atoms with E-state index in [2.05, 4.69) is 31.0 Å². The van der Waals surface area contributed by atoms with Crippen molar-refractivity contribution in [1.82, 2.24) is 5.32 Å². The molecule has 2 aromatic rings. The number of methoxy groups -OCH3 is 1. The number of carbonyl (C=O) groups is 2. The molecule has 0 saturated carbocycles. The van der Waals surface area contributed by atoms with Gasteiger partial charge >= 0.3 is 5.97 Å². The number of aliphatic imine (C=N–C) groups is 1. The lowest BCUT2D eigenvalue weighted by molar-refractivity contribution is -0.142. The molecule has 0 aliphatic carbocycles. The first-order valence-corrected chi connectivity index (χ1v) is 9.91. The molecular weight excluding hydrogens is 444 g/mol. The second-order valence-electron chi connectivity index (χ2n) is 5.86. The van der Waals surface area contributed by atoms with Crippen LogP contribution in [-0.2, 0) is 14.3 Å². The molecule has 0 spiro atoms. The number of ether oxygens (including phenoxy) is 2. The van der Waals surface area contributed by atoms with Gasteiger partial charge < -0.3 is 14.8 Å². The lowest BCUT2D eigenvalue weighted by Crippen LogP contribution is -2.19. The van der Waals surface area contributed by atoms with Gasteiger partial charge in [0, 0.05) is 10.0 Å². The Labute approximate surface area is 175 Å². The van der Waals surface area contributed by atoms with Gasteiger partial charge in [0.05, 0.1) is 17.7 Å². The van der Waals surface area contributed by atoms with Crippen LogP contribution in [0.4, 0.5) is 5.69 Å². The summed E-state index contributed by atoms with van der Waals surface area (Å²) in [6.07, 6.45) is 1.70. The number of carbonyl (C=O) groups excluding carboxylic acids is 2. The van der Waals surface area contributed by atoms with Gasteiger partial charge in [-0.1, -0.05) is 33.6 Å². The zero-order chi connectivity index (χ0) is 20.1. The molecule has 28 heavy (non-hydrogen) atoms. The number of esters is 1. The summed E-state index contributed by atoms with van der Waals surface area (Å²) in [5.74, 6) is -0.254. The smallest absolute Gasteiger partial charge is 0.343 e. The molecule has 144 valence electrons. The van der Waals surface area contributed by atoms with Gasteiger partial charge in [-0.05, 0) is 55.1 Å². The van der Waals surface area contributed by atoms with E-state index < -0.39 is 5.97 Å². The molecule has 0 aromatic heterocycles. The zero-order valence-corrected chi connectivity index (χ0v) is 17.6. The Morgan fingerprint density at radius 2 is 2.00 bits per heavy atom. The molecular formula is C20H17BrN2O4S. The third-order valence-electron chi connectivity index (χ3n) is 3.75. The van der Waals surface area contributed by atoms with Crippen LogP contribution in [0.3, 0.4) is 0 Å². The van der Waals surface area contributed by atoms with Crippen molar-refractivity contribution in [2.45, 2.75) is 6.92 Å². The third kappa shape index (κ3) is 5.24. The zero-order valence-electron chi connectivity index (χ0n) is 15.2. The van der Waals surface area contributed by atoms with Gasteiger partial charge in [-0.15, -0.1) is 0 Å². The van der Waals surface area contributed by atoms with E-state index in [0.717, 1.165) is 15.7 Å². The van der Waals surface area contributed by atoms with Crippen LogP contribution in [0.1, 0.15) is 11.1 Å². The lowest BCUT2D eigenvalue weighted by Gasteiger charge is -2.09. The monoisotopic (exact) mass is 460 g/mol. The van der Waals surface area contributed by atoms with E-state index in [4.69, 9.17) is 4.74 Å². The van der Waals surface area contributed by atoms with Gasteiger partial charge in [0.2, 0.25) is 0 Å². The summed E-state index contributed by atoms with van der Waals surface area (Å²) < 4.78 is 10.9. The van der Waals surface area contributed by atoms with E-state index in [1.807, 2.05) is 37.3 Å². The van der Waals surface area contributed by atoms with Crippen LogP contribution in [0.2, 0.25) is 0 Å². The molecule has 0 atom stereocenters. The van der Waals surface area contributed by atoms with Gasteiger partial charge in [0.15, 0.2) is 11.8 Å². The minimum Gasteiger partial charge on any atom is -0.481 e. The number of aryl methyl sites for hydroxylation is 1. The van der Waals surface area contributed by atoms with E-state index in [1.54, 1.807) is 18.2 Å². The summed E-state index contributed by atoms with van der Waals surface area (Å²) in [5.41, 5.74) is 2.56. The van der Waals surface area contributed by atoms with Crippen LogP contribution in [-0.4, -0.2) is 30.8 Å². The summed E-state index contributed by atoms with van der Waals surface area (Å²) in [6.45, 7) is 1.79. The van der Waals surface area contributed by atoms with Gasteiger partial charge in [0.25, 0.3) is 5.91 Å². The van der Waals surface area contributed by atoms with Crippen molar-refractivity contribution < 1.29 is 19.1 Å². The normalized spacial score (nSPS) is 16.3. The first-order chi connectivity index (χ1) is 13.4. The second kappa shape index (κ2) is 9.07. The van der Waals surface area contributed by atoms with Crippen molar-refractivity contribution in [3.05, 3.63) is 63.0 Å². The molecule has 1 aliphatic heterocycles. The Kier molecular flexibility index (Phi) is 6.53. The van der Waals surface area contributed by atoms with E-state index >= 15 is 0 Å². The number of benzene rings is 2. The van der Waals surface area contributed by atoms with Crippen LogP contribution in [0.5, 0.6) is 5.75 Å². The van der Waals surface area contributed by atoms with Crippen LogP contribution >= 0.6 is 27.7 Å². The largest absolute Gasteiger partial charge is 0.481 e. The summed E-state index contributed by atoms with van der Waals surface area (Å²) in [4.78, 5) is 28.6. The Bertz CT molecular complexity index is 971. The first kappa shape index (κ1) is 20.2. The number of rotatable bonds is 5. The lowest BCUT2D eigenvalue weighted by atomic mass is 10.2. The Hall–Kier alpha value is -2.58. The highest BCUT2D eigenvalue weighted by atomic mass is 79.9. The van der Waals surface area contributed by atoms with Crippen LogP contribution in [0.25, 0.3) is 6.08 Å². The van der Waals surface area contributed by atoms with Gasteiger partial charge in [-0.3, -0.25) is 4.79 Å². The Morgan fingerprint density at radius 1 is 1.25 bits per heavy atom. The average Bonchev–Trinajstić information content (AvgIpc) is 3.01. The quantitative estimate of drug-likeness (QED) is 0.534. The molecule has 1 heterocycles.